The molecule has 1 aromatic rings. The molecule has 2 atom stereocenters. The Morgan fingerprint density at radius 3 is 3.12 bits per heavy atom. The molecule has 0 amide bonds. The molecular formula is C13H21N3O. The molecule has 0 radical (unpaired) electrons. The van der Waals surface area contributed by atoms with E-state index in [1.54, 1.807) is 6.20 Å². The average molecular weight is 235 g/mol. The number of pyridine rings is 1. The predicted octanol–water partition coefficient (Wildman–Crippen LogP) is 1.88. The summed E-state index contributed by atoms with van der Waals surface area (Å²) < 4.78 is 5.77. The summed E-state index contributed by atoms with van der Waals surface area (Å²) in [6, 6.07) is 2.08. The van der Waals surface area contributed by atoms with Gasteiger partial charge in [-0.3, -0.25) is 4.98 Å². The molecule has 2 unspecified atom stereocenters. The maximum atomic E-state index is 5.98. The average Bonchev–Trinajstić information content (AvgIpc) is 2.38. The van der Waals surface area contributed by atoms with Crippen LogP contribution in [0.2, 0.25) is 0 Å². The molecule has 1 fully saturated rings. The third-order valence-electron chi connectivity index (χ3n) is 3.38. The summed E-state index contributed by atoms with van der Waals surface area (Å²) >= 11 is 0. The summed E-state index contributed by atoms with van der Waals surface area (Å²) in [5.74, 6) is 0. The highest BCUT2D eigenvalue weighted by Crippen LogP contribution is 2.27. The van der Waals surface area contributed by atoms with Gasteiger partial charge in [-0.05, 0) is 38.8 Å². The second-order valence-electron chi connectivity index (χ2n) is 4.57. The zero-order chi connectivity index (χ0) is 12.1. The van der Waals surface area contributed by atoms with E-state index in [4.69, 9.17) is 10.5 Å². The Balaban J connectivity index is 2.03. The van der Waals surface area contributed by atoms with Gasteiger partial charge in [0.1, 0.15) is 0 Å². The molecular weight excluding hydrogens is 214 g/mol. The van der Waals surface area contributed by atoms with Crippen LogP contribution < -0.4 is 11.1 Å². The van der Waals surface area contributed by atoms with Crippen LogP contribution in [0.25, 0.3) is 0 Å². The monoisotopic (exact) mass is 235 g/mol. The topological polar surface area (TPSA) is 60.2 Å². The first-order valence-electron chi connectivity index (χ1n) is 6.29. The Labute approximate surface area is 103 Å². The number of nitrogens with two attached hydrogens (primary N) is 1. The van der Waals surface area contributed by atoms with Crippen molar-refractivity contribution in [3.63, 3.8) is 0 Å². The molecule has 4 heteroatoms. The largest absolute Gasteiger partial charge is 0.398 e. The van der Waals surface area contributed by atoms with E-state index in [-0.39, 0.29) is 6.04 Å². The Morgan fingerprint density at radius 1 is 1.59 bits per heavy atom. The highest BCUT2D eigenvalue weighted by atomic mass is 16.5. The third kappa shape index (κ3) is 3.17. The zero-order valence-corrected chi connectivity index (χ0v) is 10.4. The van der Waals surface area contributed by atoms with Gasteiger partial charge in [-0.25, -0.2) is 0 Å². The van der Waals surface area contributed by atoms with Crippen molar-refractivity contribution in [2.24, 2.45) is 0 Å². The summed E-state index contributed by atoms with van der Waals surface area (Å²) in [5.41, 5.74) is 7.86. The van der Waals surface area contributed by atoms with Gasteiger partial charge in [-0.1, -0.05) is 0 Å². The third-order valence-corrected chi connectivity index (χ3v) is 3.38. The SMILES string of the molecule is CNC(CC1CCCCO1)c1cnccc1N. The normalized spacial score (nSPS) is 22.3. The second kappa shape index (κ2) is 5.98. The Morgan fingerprint density at radius 2 is 2.47 bits per heavy atom. The lowest BCUT2D eigenvalue weighted by molar-refractivity contribution is 0.00551. The van der Waals surface area contributed by atoms with Gasteiger partial charge in [0.15, 0.2) is 0 Å². The standard InChI is InChI=1S/C13H21N3O/c1-15-13(8-10-4-2-3-7-17-10)11-9-16-6-5-12(11)14/h5-6,9-10,13,15H,2-4,7-8H2,1H3,(H2,14,16). The van der Waals surface area contributed by atoms with E-state index in [0.29, 0.717) is 6.10 Å². The maximum absolute atomic E-state index is 5.98. The number of rotatable bonds is 4. The van der Waals surface area contributed by atoms with E-state index in [1.807, 2.05) is 19.3 Å². The number of hydrogen-bond donors (Lipinski definition) is 2. The van der Waals surface area contributed by atoms with Crippen molar-refractivity contribution in [3.8, 4) is 0 Å². The predicted molar refractivity (Wildman–Crippen MR) is 68.7 cm³/mol. The molecule has 2 heterocycles. The van der Waals surface area contributed by atoms with Gasteiger partial charge in [-0.15, -0.1) is 0 Å². The molecule has 17 heavy (non-hydrogen) atoms. The number of anilines is 1. The lowest BCUT2D eigenvalue weighted by atomic mass is 9.97. The smallest absolute Gasteiger partial charge is 0.0593 e. The number of nitrogen functional groups attached to an aromatic ring is 1. The Kier molecular flexibility index (Phi) is 4.34. The van der Waals surface area contributed by atoms with E-state index >= 15 is 0 Å². The van der Waals surface area contributed by atoms with Gasteiger partial charge in [0.2, 0.25) is 0 Å². The number of nitrogens with one attached hydrogen (secondary N) is 1. The first kappa shape index (κ1) is 12.3. The molecule has 0 aromatic carbocycles. The van der Waals surface area contributed by atoms with Gasteiger partial charge in [0, 0.05) is 36.3 Å². The lowest BCUT2D eigenvalue weighted by Gasteiger charge is -2.27. The van der Waals surface area contributed by atoms with Crippen LogP contribution in [0.5, 0.6) is 0 Å². The van der Waals surface area contributed by atoms with Gasteiger partial charge in [-0.2, -0.15) is 0 Å². The fourth-order valence-electron chi connectivity index (χ4n) is 2.37. The molecule has 0 aliphatic carbocycles. The molecule has 1 aromatic heterocycles. The van der Waals surface area contributed by atoms with Gasteiger partial charge in [0.25, 0.3) is 0 Å². The quantitative estimate of drug-likeness (QED) is 0.836. The zero-order valence-electron chi connectivity index (χ0n) is 10.4. The Bertz CT molecular complexity index is 350. The number of nitrogens with zero attached hydrogens (tertiary/aromatic N) is 1. The summed E-state index contributed by atoms with van der Waals surface area (Å²) in [5, 5.41) is 3.31. The van der Waals surface area contributed by atoms with Crippen molar-refractivity contribution in [2.75, 3.05) is 19.4 Å². The summed E-state index contributed by atoms with van der Waals surface area (Å²) in [6.07, 6.45) is 8.49. The van der Waals surface area contributed by atoms with E-state index in [1.165, 1.54) is 12.8 Å². The Hall–Kier alpha value is -1.13. The van der Waals surface area contributed by atoms with Gasteiger partial charge in [0.05, 0.1) is 6.10 Å². The van der Waals surface area contributed by atoms with Crippen LogP contribution in [0.4, 0.5) is 5.69 Å². The summed E-state index contributed by atoms with van der Waals surface area (Å²) in [6.45, 7) is 0.892. The number of hydrogen-bond acceptors (Lipinski definition) is 4. The van der Waals surface area contributed by atoms with Gasteiger partial charge >= 0.3 is 0 Å². The molecule has 0 bridgehead atoms. The van der Waals surface area contributed by atoms with Crippen molar-refractivity contribution in [1.82, 2.24) is 10.3 Å². The molecule has 0 saturated carbocycles. The minimum absolute atomic E-state index is 0.229. The van der Waals surface area contributed by atoms with E-state index < -0.39 is 0 Å². The maximum Gasteiger partial charge on any atom is 0.0593 e. The van der Waals surface area contributed by atoms with Crippen LogP contribution in [0.15, 0.2) is 18.5 Å². The number of ether oxygens (including phenoxy) is 1. The van der Waals surface area contributed by atoms with E-state index in [2.05, 4.69) is 10.3 Å². The summed E-state index contributed by atoms with van der Waals surface area (Å²) in [4.78, 5) is 4.15. The lowest BCUT2D eigenvalue weighted by Crippen LogP contribution is -2.27. The first-order valence-corrected chi connectivity index (χ1v) is 6.29. The molecule has 4 nitrogen and oxygen atoms in total. The second-order valence-corrected chi connectivity index (χ2v) is 4.57. The minimum Gasteiger partial charge on any atom is -0.398 e. The molecule has 1 saturated heterocycles. The van der Waals surface area contributed by atoms with Crippen molar-refractivity contribution in [2.45, 2.75) is 37.8 Å². The fraction of sp³-hybridized carbons (Fsp3) is 0.615. The van der Waals surface area contributed by atoms with Crippen LogP contribution in [0, 0.1) is 0 Å². The van der Waals surface area contributed by atoms with Crippen molar-refractivity contribution >= 4 is 5.69 Å². The molecule has 0 spiro atoms. The first-order chi connectivity index (χ1) is 8.31. The van der Waals surface area contributed by atoms with Crippen LogP contribution in [0.1, 0.15) is 37.3 Å². The molecule has 1 aliphatic rings. The molecule has 2 rings (SSSR count). The van der Waals surface area contributed by atoms with Crippen molar-refractivity contribution in [3.05, 3.63) is 24.0 Å². The summed E-state index contributed by atoms with van der Waals surface area (Å²) in [7, 11) is 1.96. The van der Waals surface area contributed by atoms with E-state index in [9.17, 15) is 0 Å². The fourth-order valence-corrected chi connectivity index (χ4v) is 2.37. The van der Waals surface area contributed by atoms with Crippen molar-refractivity contribution < 1.29 is 4.74 Å². The minimum atomic E-state index is 0.229. The highest BCUT2D eigenvalue weighted by Gasteiger charge is 2.21. The van der Waals surface area contributed by atoms with Crippen molar-refractivity contribution in [1.29, 1.82) is 0 Å². The van der Waals surface area contributed by atoms with Crippen LogP contribution >= 0.6 is 0 Å². The number of aromatic nitrogens is 1. The van der Waals surface area contributed by atoms with Crippen LogP contribution in [-0.2, 0) is 4.74 Å². The molecule has 1 aliphatic heterocycles. The van der Waals surface area contributed by atoms with Gasteiger partial charge < -0.3 is 15.8 Å². The van der Waals surface area contributed by atoms with Crippen LogP contribution in [0.3, 0.4) is 0 Å². The highest BCUT2D eigenvalue weighted by molar-refractivity contribution is 5.46. The van der Waals surface area contributed by atoms with E-state index in [0.717, 1.165) is 30.7 Å². The molecule has 94 valence electrons. The molecule has 3 N–H and O–H groups in total. The van der Waals surface area contributed by atoms with Crippen LogP contribution in [-0.4, -0.2) is 24.7 Å².